The highest BCUT2D eigenvalue weighted by Crippen LogP contribution is 2.13. The summed E-state index contributed by atoms with van der Waals surface area (Å²) in [6.07, 6.45) is 8.25. The first-order chi connectivity index (χ1) is 13.2. The molecule has 0 amide bonds. The Hall–Kier alpha value is -3.67. The van der Waals surface area contributed by atoms with Crippen LogP contribution in [0.5, 0.6) is 0 Å². The summed E-state index contributed by atoms with van der Waals surface area (Å²) >= 11 is 0. The van der Waals surface area contributed by atoms with Gasteiger partial charge in [0.1, 0.15) is 5.82 Å². The van der Waals surface area contributed by atoms with Crippen molar-refractivity contribution in [2.45, 2.75) is 13.0 Å². The van der Waals surface area contributed by atoms with E-state index in [1.807, 2.05) is 65.7 Å². The normalized spacial score (nSPS) is 10.8. The molecule has 2 aromatic carbocycles. The predicted molar refractivity (Wildman–Crippen MR) is 101 cm³/mol. The summed E-state index contributed by atoms with van der Waals surface area (Å²) in [6.45, 7) is 0.641. The molecule has 0 aliphatic carbocycles. The first kappa shape index (κ1) is 16.8. The Balaban J connectivity index is 1.49. The van der Waals surface area contributed by atoms with Crippen molar-refractivity contribution in [2.75, 3.05) is 0 Å². The minimum atomic E-state index is -0.916. The fourth-order valence-electron chi connectivity index (χ4n) is 2.96. The summed E-state index contributed by atoms with van der Waals surface area (Å²) in [7, 11) is 0. The van der Waals surface area contributed by atoms with Gasteiger partial charge in [0.25, 0.3) is 0 Å². The van der Waals surface area contributed by atoms with Gasteiger partial charge in [-0.1, -0.05) is 30.3 Å². The molecule has 0 radical (unpaired) electrons. The summed E-state index contributed by atoms with van der Waals surface area (Å²) in [5.74, 6) is 0.0187. The van der Waals surface area contributed by atoms with E-state index < -0.39 is 5.97 Å². The Morgan fingerprint density at radius 1 is 1.00 bits per heavy atom. The van der Waals surface area contributed by atoms with E-state index in [1.165, 1.54) is 0 Å². The smallest absolute Gasteiger partial charge is 0.335 e. The van der Waals surface area contributed by atoms with Gasteiger partial charge in [0, 0.05) is 31.6 Å². The molecular formula is C21H18N4O2. The Labute approximate surface area is 156 Å². The molecule has 0 unspecified atom stereocenters. The molecule has 4 rings (SSSR count). The topological polar surface area (TPSA) is 72.9 Å². The zero-order valence-electron chi connectivity index (χ0n) is 14.6. The molecule has 2 aromatic heterocycles. The molecule has 0 atom stereocenters. The number of hydrogen-bond donors (Lipinski definition) is 1. The monoisotopic (exact) mass is 358 g/mol. The first-order valence-electron chi connectivity index (χ1n) is 8.60. The van der Waals surface area contributed by atoms with Crippen molar-refractivity contribution in [3.63, 3.8) is 0 Å². The van der Waals surface area contributed by atoms with E-state index in [-0.39, 0.29) is 5.56 Å². The lowest BCUT2D eigenvalue weighted by atomic mass is 10.1. The van der Waals surface area contributed by atoms with Gasteiger partial charge in [-0.25, -0.2) is 14.5 Å². The van der Waals surface area contributed by atoms with Crippen LogP contribution in [0.3, 0.4) is 0 Å². The molecule has 0 bridgehead atoms. The largest absolute Gasteiger partial charge is 0.478 e. The SMILES string of the molecule is O=C(O)c1ccc(Cn2ccnc2Cc2cnn(-c3ccccc3)c2)cc1. The van der Waals surface area contributed by atoms with Crippen molar-refractivity contribution < 1.29 is 9.90 Å². The van der Waals surface area contributed by atoms with Crippen LogP contribution in [-0.2, 0) is 13.0 Å². The predicted octanol–water partition coefficient (Wildman–Crippen LogP) is 3.41. The van der Waals surface area contributed by atoms with Gasteiger partial charge in [0.2, 0.25) is 0 Å². The average Bonchev–Trinajstić information content (AvgIpc) is 3.33. The molecule has 0 spiro atoms. The van der Waals surface area contributed by atoms with Crippen molar-refractivity contribution in [3.05, 3.63) is 102 Å². The quantitative estimate of drug-likeness (QED) is 0.573. The Morgan fingerprint density at radius 3 is 2.52 bits per heavy atom. The number of carboxylic acids is 1. The van der Waals surface area contributed by atoms with Crippen molar-refractivity contribution >= 4 is 5.97 Å². The Kier molecular flexibility index (Phi) is 4.53. The zero-order valence-corrected chi connectivity index (χ0v) is 14.6. The van der Waals surface area contributed by atoms with Gasteiger partial charge < -0.3 is 9.67 Å². The van der Waals surface area contributed by atoms with E-state index in [9.17, 15) is 4.79 Å². The molecule has 0 aliphatic rings. The van der Waals surface area contributed by atoms with E-state index in [1.54, 1.807) is 18.3 Å². The van der Waals surface area contributed by atoms with Crippen LogP contribution in [0.2, 0.25) is 0 Å². The first-order valence-corrected chi connectivity index (χ1v) is 8.60. The van der Waals surface area contributed by atoms with Crippen LogP contribution in [0.15, 0.2) is 79.4 Å². The van der Waals surface area contributed by atoms with E-state index in [2.05, 4.69) is 14.6 Å². The molecule has 0 fully saturated rings. The number of benzene rings is 2. The summed E-state index contributed by atoms with van der Waals surface area (Å²) in [4.78, 5) is 15.4. The highest BCUT2D eigenvalue weighted by molar-refractivity contribution is 5.87. The average molecular weight is 358 g/mol. The highest BCUT2D eigenvalue weighted by atomic mass is 16.4. The summed E-state index contributed by atoms with van der Waals surface area (Å²) in [6, 6.07) is 16.9. The number of aromatic carboxylic acids is 1. The number of para-hydroxylation sites is 1. The molecule has 134 valence electrons. The fourth-order valence-corrected chi connectivity index (χ4v) is 2.96. The summed E-state index contributed by atoms with van der Waals surface area (Å²) in [5, 5.41) is 13.4. The van der Waals surface area contributed by atoms with Gasteiger partial charge in [-0.2, -0.15) is 5.10 Å². The van der Waals surface area contributed by atoms with E-state index >= 15 is 0 Å². The minimum Gasteiger partial charge on any atom is -0.478 e. The van der Waals surface area contributed by atoms with Gasteiger partial charge in [-0.15, -0.1) is 0 Å². The Bertz CT molecular complexity index is 1050. The lowest BCUT2D eigenvalue weighted by molar-refractivity contribution is 0.0697. The minimum absolute atomic E-state index is 0.290. The lowest BCUT2D eigenvalue weighted by Gasteiger charge is -2.08. The number of rotatable bonds is 6. The van der Waals surface area contributed by atoms with E-state index in [4.69, 9.17) is 5.11 Å². The molecule has 2 heterocycles. The van der Waals surface area contributed by atoms with Crippen LogP contribution in [0.4, 0.5) is 0 Å². The van der Waals surface area contributed by atoms with Crippen LogP contribution in [0, 0.1) is 0 Å². The number of aromatic nitrogens is 4. The van der Waals surface area contributed by atoms with Gasteiger partial charge in [-0.3, -0.25) is 0 Å². The maximum atomic E-state index is 11.0. The van der Waals surface area contributed by atoms with Crippen LogP contribution >= 0.6 is 0 Å². The molecule has 4 aromatic rings. The van der Waals surface area contributed by atoms with Gasteiger partial charge in [0.15, 0.2) is 0 Å². The molecule has 0 aliphatic heterocycles. The van der Waals surface area contributed by atoms with Crippen LogP contribution in [0.1, 0.15) is 27.3 Å². The molecule has 1 N–H and O–H groups in total. The third kappa shape index (κ3) is 3.79. The second-order valence-corrected chi connectivity index (χ2v) is 6.28. The molecular weight excluding hydrogens is 340 g/mol. The van der Waals surface area contributed by atoms with Crippen molar-refractivity contribution in [1.29, 1.82) is 0 Å². The van der Waals surface area contributed by atoms with Gasteiger partial charge in [0.05, 0.1) is 17.4 Å². The molecule has 0 saturated carbocycles. The standard InChI is InChI=1S/C21H18N4O2/c26-21(27)18-8-6-16(7-9-18)14-24-11-10-22-20(24)12-17-13-23-25(15-17)19-4-2-1-3-5-19/h1-11,13,15H,12,14H2,(H,26,27). The van der Waals surface area contributed by atoms with Crippen LogP contribution < -0.4 is 0 Å². The van der Waals surface area contributed by atoms with E-state index in [0.717, 1.165) is 22.6 Å². The van der Waals surface area contributed by atoms with Crippen LogP contribution in [-0.4, -0.2) is 30.4 Å². The lowest BCUT2D eigenvalue weighted by Crippen LogP contribution is -2.05. The summed E-state index contributed by atoms with van der Waals surface area (Å²) < 4.78 is 3.92. The number of nitrogens with zero attached hydrogens (tertiary/aromatic N) is 4. The van der Waals surface area contributed by atoms with Gasteiger partial charge in [-0.05, 0) is 35.4 Å². The molecule has 6 heteroatoms. The maximum Gasteiger partial charge on any atom is 0.335 e. The van der Waals surface area contributed by atoms with Crippen molar-refractivity contribution in [2.24, 2.45) is 0 Å². The number of carbonyl (C=O) groups is 1. The zero-order chi connectivity index (χ0) is 18.6. The molecule has 0 saturated heterocycles. The second kappa shape index (κ2) is 7.29. The second-order valence-electron chi connectivity index (χ2n) is 6.28. The number of hydrogen-bond acceptors (Lipinski definition) is 3. The van der Waals surface area contributed by atoms with E-state index in [0.29, 0.717) is 13.0 Å². The van der Waals surface area contributed by atoms with Crippen LogP contribution in [0.25, 0.3) is 5.69 Å². The Morgan fingerprint density at radius 2 is 1.78 bits per heavy atom. The number of imidazole rings is 1. The summed E-state index contributed by atoms with van der Waals surface area (Å²) in [5.41, 5.74) is 3.41. The number of carboxylic acid groups (broad SMARTS) is 1. The molecule has 27 heavy (non-hydrogen) atoms. The maximum absolute atomic E-state index is 11.0. The highest BCUT2D eigenvalue weighted by Gasteiger charge is 2.08. The third-order valence-corrected chi connectivity index (χ3v) is 4.37. The molecule has 6 nitrogen and oxygen atoms in total. The fraction of sp³-hybridized carbons (Fsp3) is 0.0952. The van der Waals surface area contributed by atoms with Crippen molar-refractivity contribution in [3.8, 4) is 5.69 Å². The van der Waals surface area contributed by atoms with Gasteiger partial charge >= 0.3 is 5.97 Å². The third-order valence-electron chi connectivity index (χ3n) is 4.37. The van der Waals surface area contributed by atoms with Crippen molar-refractivity contribution in [1.82, 2.24) is 19.3 Å².